The molecule has 10 heteroatoms. The summed E-state index contributed by atoms with van der Waals surface area (Å²) in [6, 6.07) is 17.5. The van der Waals surface area contributed by atoms with Crippen LogP contribution in [0.4, 0.5) is 42.1 Å². The van der Waals surface area contributed by atoms with Crippen molar-refractivity contribution in [3.05, 3.63) is 89.7 Å². The molecule has 1 atom stereocenters. The summed E-state index contributed by atoms with van der Waals surface area (Å²) in [4.78, 5) is 3.54. The van der Waals surface area contributed by atoms with Crippen molar-refractivity contribution in [1.82, 2.24) is 0 Å². The third-order valence-corrected chi connectivity index (χ3v) is 5.70. The van der Waals surface area contributed by atoms with Crippen molar-refractivity contribution in [3.8, 4) is 5.75 Å². The predicted molar refractivity (Wildman–Crippen MR) is 118 cm³/mol. The second kappa shape index (κ2) is 9.67. The number of hydrogen-bond donors (Lipinski definition) is 0. The van der Waals surface area contributed by atoms with E-state index in [1.807, 2.05) is 4.90 Å². The number of nitrogens with zero attached hydrogens (tertiary/aromatic N) is 2. The smallest absolute Gasteiger partial charge is 0.406 e. The zero-order chi connectivity index (χ0) is 25.2. The van der Waals surface area contributed by atoms with Crippen molar-refractivity contribution >= 4 is 11.4 Å². The number of halogens is 7. The summed E-state index contributed by atoms with van der Waals surface area (Å²) in [5.41, 5.74) is 2.36. The molecule has 1 aliphatic rings. The number of anilines is 2. The molecular weight excluding hydrogens is 477 g/mol. The highest BCUT2D eigenvalue weighted by Crippen LogP contribution is 2.42. The highest BCUT2D eigenvalue weighted by molar-refractivity contribution is 5.74. The molecule has 0 N–H and O–H groups in total. The molecule has 1 heterocycles. The van der Waals surface area contributed by atoms with Crippen molar-refractivity contribution in [2.24, 2.45) is 0 Å². The SMILES string of the molecule is Fc1ccc([C@@H]2CN(Cc3cccc(OC(F)(F)F)c3)c3ccccc3N2CCC(F)(F)F)cc1. The molecule has 4 rings (SSSR count). The fourth-order valence-corrected chi connectivity index (χ4v) is 4.25. The molecule has 0 aliphatic carbocycles. The molecule has 35 heavy (non-hydrogen) atoms. The van der Waals surface area contributed by atoms with E-state index in [9.17, 15) is 30.7 Å². The summed E-state index contributed by atoms with van der Waals surface area (Å²) in [6.07, 6.45) is -10.2. The Morgan fingerprint density at radius 2 is 1.51 bits per heavy atom. The topological polar surface area (TPSA) is 15.7 Å². The normalized spacial score (nSPS) is 16.3. The third-order valence-electron chi connectivity index (χ3n) is 5.70. The molecule has 0 fully saturated rings. The molecular formula is C25H21F7N2O. The van der Waals surface area contributed by atoms with Crippen LogP contribution in [-0.4, -0.2) is 25.6 Å². The lowest BCUT2D eigenvalue weighted by molar-refractivity contribution is -0.274. The molecule has 0 radical (unpaired) electrons. The number of benzene rings is 3. The summed E-state index contributed by atoms with van der Waals surface area (Å²) in [6.45, 7) is 0.132. The molecule has 0 bridgehead atoms. The molecule has 3 aromatic rings. The van der Waals surface area contributed by atoms with E-state index in [1.54, 1.807) is 35.2 Å². The molecule has 0 saturated heterocycles. The Hall–Kier alpha value is -3.43. The lowest BCUT2D eigenvalue weighted by atomic mass is 9.98. The van der Waals surface area contributed by atoms with Crippen molar-refractivity contribution in [2.75, 3.05) is 22.9 Å². The number of ether oxygens (including phenoxy) is 1. The van der Waals surface area contributed by atoms with Gasteiger partial charge in [0.2, 0.25) is 0 Å². The summed E-state index contributed by atoms with van der Waals surface area (Å²) in [7, 11) is 0. The second-order valence-electron chi connectivity index (χ2n) is 8.19. The van der Waals surface area contributed by atoms with Gasteiger partial charge in [0.1, 0.15) is 11.6 Å². The average Bonchev–Trinajstić information content (AvgIpc) is 2.77. The first-order valence-electron chi connectivity index (χ1n) is 10.8. The molecule has 3 nitrogen and oxygen atoms in total. The molecule has 0 aromatic heterocycles. The van der Waals surface area contributed by atoms with Gasteiger partial charge in [0.25, 0.3) is 0 Å². The van der Waals surface area contributed by atoms with E-state index in [1.165, 1.54) is 42.5 Å². The number of para-hydroxylation sites is 2. The van der Waals surface area contributed by atoms with E-state index in [2.05, 4.69) is 4.74 Å². The van der Waals surface area contributed by atoms with Gasteiger partial charge in [-0.2, -0.15) is 13.2 Å². The van der Waals surface area contributed by atoms with Crippen molar-refractivity contribution < 1.29 is 35.5 Å². The van der Waals surface area contributed by atoms with Gasteiger partial charge in [-0.25, -0.2) is 4.39 Å². The maximum absolute atomic E-state index is 13.5. The first-order chi connectivity index (χ1) is 16.5. The van der Waals surface area contributed by atoms with Gasteiger partial charge in [0, 0.05) is 19.6 Å². The molecule has 0 amide bonds. The zero-order valence-electron chi connectivity index (χ0n) is 18.3. The van der Waals surface area contributed by atoms with Crippen LogP contribution in [0, 0.1) is 5.82 Å². The summed E-state index contributed by atoms with van der Waals surface area (Å²) in [5, 5.41) is 0. The minimum Gasteiger partial charge on any atom is -0.406 e. The number of hydrogen-bond acceptors (Lipinski definition) is 3. The maximum atomic E-state index is 13.5. The van der Waals surface area contributed by atoms with Gasteiger partial charge >= 0.3 is 12.5 Å². The zero-order valence-corrected chi connectivity index (χ0v) is 18.3. The fourth-order valence-electron chi connectivity index (χ4n) is 4.25. The van der Waals surface area contributed by atoms with E-state index < -0.39 is 30.8 Å². The second-order valence-corrected chi connectivity index (χ2v) is 8.19. The Kier molecular flexibility index (Phi) is 6.82. The minimum atomic E-state index is -4.83. The van der Waals surface area contributed by atoms with Crippen LogP contribution in [0.3, 0.4) is 0 Å². The average molecular weight is 498 g/mol. The first-order valence-corrected chi connectivity index (χ1v) is 10.8. The lowest BCUT2D eigenvalue weighted by Gasteiger charge is -2.45. The van der Waals surface area contributed by atoms with Crippen molar-refractivity contribution in [1.29, 1.82) is 0 Å². The van der Waals surface area contributed by atoms with Gasteiger partial charge < -0.3 is 14.5 Å². The van der Waals surface area contributed by atoms with Gasteiger partial charge in [-0.15, -0.1) is 13.2 Å². The van der Waals surface area contributed by atoms with Crippen LogP contribution in [0.15, 0.2) is 72.8 Å². The summed E-state index contributed by atoms with van der Waals surface area (Å²) >= 11 is 0. The lowest BCUT2D eigenvalue weighted by Crippen LogP contribution is -2.44. The highest BCUT2D eigenvalue weighted by atomic mass is 19.4. The first kappa shape index (κ1) is 24.7. The number of rotatable bonds is 6. The van der Waals surface area contributed by atoms with Crippen molar-refractivity contribution in [3.63, 3.8) is 0 Å². The standard InChI is InChI=1S/C25H21F7N2O/c26-19-10-8-18(9-11-19)23-16-33(15-17-4-3-5-20(14-17)35-25(30,31)32)21-6-1-2-7-22(21)34(23)13-12-24(27,28)29/h1-11,14,23H,12-13,15-16H2/t23-/m0/s1. The molecule has 0 spiro atoms. The Bertz CT molecular complexity index is 1150. The van der Waals surface area contributed by atoms with Crippen molar-refractivity contribution in [2.45, 2.75) is 31.5 Å². The van der Waals surface area contributed by atoms with Crippen LogP contribution in [0.1, 0.15) is 23.6 Å². The Balaban J connectivity index is 1.69. The number of fused-ring (bicyclic) bond motifs is 1. The van der Waals surface area contributed by atoms with Gasteiger partial charge in [-0.3, -0.25) is 0 Å². The van der Waals surface area contributed by atoms with Crippen LogP contribution in [0.5, 0.6) is 5.75 Å². The predicted octanol–water partition coefficient (Wildman–Crippen LogP) is 7.24. The quantitative estimate of drug-likeness (QED) is 0.333. The van der Waals surface area contributed by atoms with E-state index in [-0.39, 0.29) is 25.4 Å². The third kappa shape index (κ3) is 6.37. The van der Waals surface area contributed by atoms with Crippen LogP contribution in [0.25, 0.3) is 0 Å². The maximum Gasteiger partial charge on any atom is 0.573 e. The monoisotopic (exact) mass is 498 g/mol. The fraction of sp³-hybridized carbons (Fsp3) is 0.280. The number of alkyl halides is 6. The molecule has 1 aliphatic heterocycles. The minimum absolute atomic E-state index is 0.191. The molecule has 186 valence electrons. The summed E-state index contributed by atoms with van der Waals surface area (Å²) < 4.78 is 94.8. The summed E-state index contributed by atoms with van der Waals surface area (Å²) in [5.74, 6) is -0.827. The van der Waals surface area contributed by atoms with Gasteiger partial charge in [-0.05, 0) is 47.5 Å². The Morgan fingerprint density at radius 1 is 0.829 bits per heavy atom. The van der Waals surface area contributed by atoms with E-state index in [0.717, 1.165) is 0 Å². The van der Waals surface area contributed by atoms with Crippen LogP contribution < -0.4 is 14.5 Å². The van der Waals surface area contributed by atoms with Gasteiger partial charge in [0.05, 0.1) is 23.8 Å². The van der Waals surface area contributed by atoms with E-state index in [4.69, 9.17) is 0 Å². The highest BCUT2D eigenvalue weighted by Gasteiger charge is 2.35. The Morgan fingerprint density at radius 3 is 2.17 bits per heavy atom. The van der Waals surface area contributed by atoms with E-state index in [0.29, 0.717) is 22.5 Å². The Labute approximate surface area is 197 Å². The van der Waals surface area contributed by atoms with E-state index >= 15 is 0 Å². The van der Waals surface area contributed by atoms with Crippen LogP contribution in [-0.2, 0) is 6.54 Å². The molecule has 3 aromatic carbocycles. The van der Waals surface area contributed by atoms with Crippen LogP contribution in [0.2, 0.25) is 0 Å². The molecule has 0 unspecified atom stereocenters. The van der Waals surface area contributed by atoms with Crippen LogP contribution >= 0.6 is 0 Å². The van der Waals surface area contributed by atoms with Gasteiger partial charge in [-0.1, -0.05) is 36.4 Å². The molecule has 0 saturated carbocycles. The van der Waals surface area contributed by atoms with Gasteiger partial charge in [0.15, 0.2) is 0 Å². The largest absolute Gasteiger partial charge is 0.573 e.